The second kappa shape index (κ2) is 5.77. The molecule has 4 nitrogen and oxygen atoms in total. The van der Waals surface area contributed by atoms with Crippen LogP contribution >= 0.6 is 0 Å². The van der Waals surface area contributed by atoms with Crippen LogP contribution in [-0.4, -0.2) is 18.0 Å². The Labute approximate surface area is 109 Å². The maximum Gasteiger partial charge on any atom is 0.321 e. The first-order chi connectivity index (χ1) is 9.06. The topological polar surface area (TPSA) is 58.2 Å². The fourth-order valence-corrected chi connectivity index (χ4v) is 2.14. The lowest BCUT2D eigenvalue weighted by Gasteiger charge is -2.12. The van der Waals surface area contributed by atoms with Crippen LogP contribution in [0.15, 0.2) is 18.2 Å². The standard InChI is InChI=1S/C13H14F2N2O2/c14-8-5-6-10(11(15)7-8)12(18)17-13(19)16-9-3-1-2-4-9/h5-7,9H,1-4H2,(H2,16,17,18,19). The average Bonchev–Trinajstić information content (AvgIpc) is 2.81. The molecule has 6 heteroatoms. The van der Waals surface area contributed by atoms with Crippen LogP contribution in [0.2, 0.25) is 0 Å². The third-order valence-electron chi connectivity index (χ3n) is 3.09. The Morgan fingerprint density at radius 1 is 1.16 bits per heavy atom. The Bertz CT molecular complexity index is 499. The molecule has 0 aliphatic heterocycles. The number of urea groups is 1. The number of benzene rings is 1. The molecule has 1 aliphatic carbocycles. The van der Waals surface area contributed by atoms with Crippen molar-refractivity contribution < 1.29 is 18.4 Å². The average molecular weight is 268 g/mol. The molecule has 1 aliphatic rings. The van der Waals surface area contributed by atoms with Gasteiger partial charge in [-0.05, 0) is 25.0 Å². The molecule has 0 unspecified atom stereocenters. The summed E-state index contributed by atoms with van der Waals surface area (Å²) in [7, 11) is 0. The van der Waals surface area contributed by atoms with Gasteiger partial charge >= 0.3 is 6.03 Å². The van der Waals surface area contributed by atoms with Crippen molar-refractivity contribution in [3.63, 3.8) is 0 Å². The monoisotopic (exact) mass is 268 g/mol. The second-order valence-electron chi connectivity index (χ2n) is 4.53. The molecule has 0 heterocycles. The van der Waals surface area contributed by atoms with Gasteiger partial charge in [-0.25, -0.2) is 13.6 Å². The SMILES string of the molecule is O=C(NC(=O)c1ccc(F)cc1F)NC1CCCC1. The highest BCUT2D eigenvalue weighted by atomic mass is 19.1. The number of amides is 3. The molecule has 1 saturated carbocycles. The van der Waals surface area contributed by atoms with Gasteiger partial charge in [0.2, 0.25) is 0 Å². The first kappa shape index (κ1) is 13.5. The van der Waals surface area contributed by atoms with Crippen LogP contribution in [0, 0.1) is 11.6 Å². The first-order valence-electron chi connectivity index (χ1n) is 6.13. The molecular formula is C13H14F2N2O2. The minimum absolute atomic E-state index is 0.0610. The normalized spacial score (nSPS) is 15.3. The van der Waals surface area contributed by atoms with Crippen molar-refractivity contribution in [3.8, 4) is 0 Å². The smallest absolute Gasteiger partial charge is 0.321 e. The summed E-state index contributed by atoms with van der Waals surface area (Å²) >= 11 is 0. The van der Waals surface area contributed by atoms with Crippen molar-refractivity contribution in [2.45, 2.75) is 31.7 Å². The third kappa shape index (κ3) is 3.49. The predicted molar refractivity (Wildman–Crippen MR) is 64.6 cm³/mol. The Morgan fingerprint density at radius 2 is 1.84 bits per heavy atom. The largest absolute Gasteiger partial charge is 0.335 e. The van der Waals surface area contributed by atoms with Crippen molar-refractivity contribution in [2.24, 2.45) is 0 Å². The van der Waals surface area contributed by atoms with Crippen LogP contribution in [0.5, 0.6) is 0 Å². The Morgan fingerprint density at radius 3 is 2.47 bits per heavy atom. The molecule has 0 spiro atoms. The number of hydrogen-bond acceptors (Lipinski definition) is 2. The van der Waals surface area contributed by atoms with Gasteiger partial charge in [-0.15, -0.1) is 0 Å². The molecule has 0 saturated heterocycles. The number of carbonyl (C=O) groups excluding carboxylic acids is 2. The van der Waals surface area contributed by atoms with Crippen LogP contribution in [0.4, 0.5) is 13.6 Å². The number of imide groups is 1. The summed E-state index contributed by atoms with van der Waals surface area (Å²) in [6, 6.07) is 1.98. The molecule has 0 atom stereocenters. The number of carbonyl (C=O) groups is 2. The van der Waals surface area contributed by atoms with Gasteiger partial charge in [0.15, 0.2) is 0 Å². The van der Waals surface area contributed by atoms with E-state index >= 15 is 0 Å². The summed E-state index contributed by atoms with van der Waals surface area (Å²) in [5.74, 6) is -2.65. The number of rotatable bonds is 2. The summed E-state index contributed by atoms with van der Waals surface area (Å²) in [5.41, 5.74) is -0.358. The van der Waals surface area contributed by atoms with Crippen LogP contribution in [0.25, 0.3) is 0 Å². The lowest BCUT2D eigenvalue weighted by Crippen LogP contribution is -2.43. The molecule has 1 fully saturated rings. The third-order valence-corrected chi connectivity index (χ3v) is 3.09. The van der Waals surface area contributed by atoms with Gasteiger partial charge in [0.25, 0.3) is 5.91 Å². The molecule has 0 bridgehead atoms. The van der Waals surface area contributed by atoms with Gasteiger partial charge in [0, 0.05) is 12.1 Å². The van der Waals surface area contributed by atoms with Crippen LogP contribution in [0.3, 0.4) is 0 Å². The van der Waals surface area contributed by atoms with E-state index in [4.69, 9.17) is 0 Å². The van der Waals surface area contributed by atoms with E-state index in [9.17, 15) is 18.4 Å². The van der Waals surface area contributed by atoms with Crippen molar-refractivity contribution in [2.75, 3.05) is 0 Å². The van der Waals surface area contributed by atoms with Gasteiger partial charge in [-0.3, -0.25) is 10.1 Å². The van der Waals surface area contributed by atoms with Crippen molar-refractivity contribution in [1.82, 2.24) is 10.6 Å². The summed E-state index contributed by atoms with van der Waals surface area (Å²) in [6.07, 6.45) is 3.86. The molecule has 3 amide bonds. The molecule has 2 rings (SSSR count). The van der Waals surface area contributed by atoms with Gasteiger partial charge in [-0.2, -0.15) is 0 Å². The molecule has 19 heavy (non-hydrogen) atoms. The number of halogens is 2. The second-order valence-corrected chi connectivity index (χ2v) is 4.53. The molecule has 0 aromatic heterocycles. The van der Waals surface area contributed by atoms with E-state index in [-0.39, 0.29) is 11.6 Å². The van der Waals surface area contributed by atoms with Crippen molar-refractivity contribution in [3.05, 3.63) is 35.4 Å². The van der Waals surface area contributed by atoms with E-state index in [1.54, 1.807) is 0 Å². The minimum Gasteiger partial charge on any atom is -0.335 e. The molecule has 1 aromatic carbocycles. The van der Waals surface area contributed by atoms with Crippen molar-refractivity contribution in [1.29, 1.82) is 0 Å². The number of nitrogens with one attached hydrogen (secondary N) is 2. The van der Waals surface area contributed by atoms with E-state index in [1.807, 2.05) is 5.32 Å². The maximum absolute atomic E-state index is 13.3. The van der Waals surface area contributed by atoms with Gasteiger partial charge < -0.3 is 5.32 Å². The van der Waals surface area contributed by atoms with Gasteiger partial charge in [0.05, 0.1) is 5.56 Å². The quantitative estimate of drug-likeness (QED) is 0.865. The summed E-state index contributed by atoms with van der Waals surface area (Å²) in [5, 5.41) is 4.67. The first-order valence-corrected chi connectivity index (χ1v) is 6.13. The molecular weight excluding hydrogens is 254 g/mol. The molecule has 102 valence electrons. The highest BCUT2D eigenvalue weighted by Crippen LogP contribution is 2.17. The van der Waals surface area contributed by atoms with E-state index in [0.717, 1.165) is 37.8 Å². The fraction of sp³-hybridized carbons (Fsp3) is 0.385. The lowest BCUT2D eigenvalue weighted by molar-refractivity contribution is 0.0959. The van der Waals surface area contributed by atoms with Crippen LogP contribution in [-0.2, 0) is 0 Å². The van der Waals surface area contributed by atoms with E-state index in [2.05, 4.69) is 5.32 Å². The van der Waals surface area contributed by atoms with E-state index < -0.39 is 23.6 Å². The van der Waals surface area contributed by atoms with Gasteiger partial charge in [-0.1, -0.05) is 12.8 Å². The van der Waals surface area contributed by atoms with Crippen LogP contribution in [0.1, 0.15) is 36.0 Å². The highest BCUT2D eigenvalue weighted by molar-refractivity contribution is 6.04. The number of hydrogen-bond donors (Lipinski definition) is 2. The predicted octanol–water partition coefficient (Wildman–Crippen LogP) is 2.35. The zero-order chi connectivity index (χ0) is 13.8. The highest BCUT2D eigenvalue weighted by Gasteiger charge is 2.20. The zero-order valence-electron chi connectivity index (χ0n) is 10.2. The summed E-state index contributed by atoms with van der Waals surface area (Å²) < 4.78 is 26.0. The summed E-state index contributed by atoms with van der Waals surface area (Å²) in [6.45, 7) is 0. The Kier molecular flexibility index (Phi) is 4.09. The minimum atomic E-state index is -0.994. The maximum atomic E-state index is 13.3. The summed E-state index contributed by atoms with van der Waals surface area (Å²) in [4.78, 5) is 23.1. The van der Waals surface area contributed by atoms with Crippen LogP contribution < -0.4 is 10.6 Å². The molecule has 0 radical (unpaired) electrons. The fourth-order valence-electron chi connectivity index (χ4n) is 2.14. The van der Waals surface area contributed by atoms with E-state index in [0.29, 0.717) is 6.07 Å². The van der Waals surface area contributed by atoms with E-state index in [1.165, 1.54) is 0 Å². The van der Waals surface area contributed by atoms with Gasteiger partial charge in [0.1, 0.15) is 11.6 Å². The zero-order valence-corrected chi connectivity index (χ0v) is 10.2. The molecule has 2 N–H and O–H groups in total. The lowest BCUT2D eigenvalue weighted by atomic mass is 10.2. The Balaban J connectivity index is 1.94. The van der Waals surface area contributed by atoms with Crippen molar-refractivity contribution >= 4 is 11.9 Å². The molecule has 1 aromatic rings. The Hall–Kier alpha value is -1.98.